The number of benzene rings is 1. The SMILES string of the molecule is CC(CNC(=O)c1cc(-c2ccccc2)on1)CC(=O)O. The predicted molar refractivity (Wildman–Crippen MR) is 75.7 cm³/mol. The van der Waals surface area contributed by atoms with Crippen molar-refractivity contribution in [3.05, 3.63) is 42.1 Å². The summed E-state index contributed by atoms with van der Waals surface area (Å²) < 4.78 is 5.14. The number of aromatic nitrogens is 1. The Balaban J connectivity index is 1.95. The van der Waals surface area contributed by atoms with E-state index in [1.165, 1.54) is 0 Å². The first-order valence-corrected chi connectivity index (χ1v) is 6.58. The summed E-state index contributed by atoms with van der Waals surface area (Å²) in [6, 6.07) is 10.9. The summed E-state index contributed by atoms with van der Waals surface area (Å²) >= 11 is 0. The van der Waals surface area contributed by atoms with Crippen LogP contribution in [0.15, 0.2) is 40.9 Å². The van der Waals surface area contributed by atoms with Gasteiger partial charge in [0.05, 0.1) is 0 Å². The Bertz CT molecular complexity index is 622. The molecule has 1 amide bonds. The molecular weight excluding hydrogens is 272 g/mol. The molecule has 6 nitrogen and oxygen atoms in total. The van der Waals surface area contributed by atoms with Crippen LogP contribution in [-0.2, 0) is 4.79 Å². The maximum Gasteiger partial charge on any atom is 0.303 e. The molecule has 0 saturated heterocycles. The molecule has 1 aromatic heterocycles. The standard InChI is InChI=1S/C15H16N2O4/c1-10(7-14(18)19)9-16-15(20)12-8-13(21-17-12)11-5-3-2-4-6-11/h2-6,8,10H,7,9H2,1H3,(H,16,20)(H,18,19). The highest BCUT2D eigenvalue weighted by Crippen LogP contribution is 2.19. The van der Waals surface area contributed by atoms with E-state index < -0.39 is 5.97 Å². The lowest BCUT2D eigenvalue weighted by atomic mass is 10.1. The van der Waals surface area contributed by atoms with Gasteiger partial charge in [-0.05, 0) is 5.92 Å². The van der Waals surface area contributed by atoms with Crippen LogP contribution in [0.2, 0.25) is 0 Å². The Kier molecular flexibility index (Phi) is 4.71. The summed E-state index contributed by atoms with van der Waals surface area (Å²) in [6.07, 6.45) is 0.00829. The van der Waals surface area contributed by atoms with Gasteiger partial charge in [-0.3, -0.25) is 9.59 Å². The fourth-order valence-corrected chi connectivity index (χ4v) is 1.85. The van der Waals surface area contributed by atoms with E-state index in [0.717, 1.165) is 5.56 Å². The van der Waals surface area contributed by atoms with Gasteiger partial charge in [0.25, 0.3) is 5.91 Å². The Morgan fingerprint density at radius 1 is 1.33 bits per heavy atom. The van der Waals surface area contributed by atoms with Crippen LogP contribution in [0.5, 0.6) is 0 Å². The van der Waals surface area contributed by atoms with Gasteiger partial charge in [0.2, 0.25) is 0 Å². The summed E-state index contributed by atoms with van der Waals surface area (Å²) in [7, 11) is 0. The Hall–Kier alpha value is -2.63. The summed E-state index contributed by atoms with van der Waals surface area (Å²) in [5.74, 6) is -0.894. The van der Waals surface area contributed by atoms with Crippen molar-refractivity contribution in [2.24, 2.45) is 5.92 Å². The van der Waals surface area contributed by atoms with Gasteiger partial charge in [0, 0.05) is 24.6 Å². The maximum atomic E-state index is 11.9. The van der Waals surface area contributed by atoms with E-state index >= 15 is 0 Å². The zero-order valence-electron chi connectivity index (χ0n) is 11.6. The Morgan fingerprint density at radius 2 is 2.05 bits per heavy atom. The number of nitrogens with one attached hydrogen (secondary N) is 1. The number of carbonyl (C=O) groups excluding carboxylic acids is 1. The monoisotopic (exact) mass is 288 g/mol. The fraction of sp³-hybridized carbons (Fsp3) is 0.267. The first-order chi connectivity index (χ1) is 10.1. The van der Waals surface area contributed by atoms with Crippen molar-refractivity contribution in [3.63, 3.8) is 0 Å². The largest absolute Gasteiger partial charge is 0.481 e. The zero-order valence-corrected chi connectivity index (χ0v) is 11.6. The predicted octanol–water partition coefficient (Wildman–Crippen LogP) is 2.18. The summed E-state index contributed by atoms with van der Waals surface area (Å²) in [5, 5.41) is 15.0. The number of rotatable bonds is 6. The minimum atomic E-state index is -0.885. The second kappa shape index (κ2) is 6.69. The molecule has 21 heavy (non-hydrogen) atoms. The summed E-state index contributed by atoms with van der Waals surface area (Å²) in [6.45, 7) is 2.03. The first kappa shape index (κ1) is 14.8. The van der Waals surface area contributed by atoms with E-state index in [-0.39, 0.29) is 30.5 Å². The molecule has 0 aliphatic rings. The summed E-state index contributed by atoms with van der Waals surface area (Å²) in [5.41, 5.74) is 1.01. The lowest BCUT2D eigenvalue weighted by Gasteiger charge is -2.08. The highest BCUT2D eigenvalue weighted by atomic mass is 16.5. The van der Waals surface area contributed by atoms with E-state index in [1.54, 1.807) is 13.0 Å². The highest BCUT2D eigenvalue weighted by molar-refractivity contribution is 5.93. The molecule has 2 N–H and O–H groups in total. The average Bonchev–Trinajstić information content (AvgIpc) is 2.95. The third-order valence-corrected chi connectivity index (χ3v) is 2.94. The van der Waals surface area contributed by atoms with Crippen molar-refractivity contribution in [1.82, 2.24) is 10.5 Å². The number of amides is 1. The smallest absolute Gasteiger partial charge is 0.303 e. The lowest BCUT2D eigenvalue weighted by molar-refractivity contribution is -0.137. The molecule has 0 spiro atoms. The summed E-state index contributed by atoms with van der Waals surface area (Å²) in [4.78, 5) is 22.4. The molecule has 2 aromatic rings. The van der Waals surface area contributed by atoms with Gasteiger partial charge in [-0.2, -0.15) is 0 Å². The highest BCUT2D eigenvalue weighted by Gasteiger charge is 2.15. The molecule has 1 atom stereocenters. The molecule has 0 fully saturated rings. The molecule has 0 saturated carbocycles. The molecular formula is C15H16N2O4. The number of carbonyl (C=O) groups is 2. The lowest BCUT2D eigenvalue weighted by Crippen LogP contribution is -2.29. The topological polar surface area (TPSA) is 92.4 Å². The minimum Gasteiger partial charge on any atom is -0.481 e. The van der Waals surface area contributed by atoms with Crippen LogP contribution >= 0.6 is 0 Å². The molecule has 0 radical (unpaired) electrons. The minimum absolute atomic E-state index is 0.00829. The van der Waals surface area contributed by atoms with E-state index in [9.17, 15) is 9.59 Å². The van der Waals surface area contributed by atoms with Crippen LogP contribution in [0.25, 0.3) is 11.3 Å². The van der Waals surface area contributed by atoms with E-state index in [2.05, 4.69) is 10.5 Å². The molecule has 1 aromatic carbocycles. The fourth-order valence-electron chi connectivity index (χ4n) is 1.85. The van der Waals surface area contributed by atoms with Gasteiger partial charge in [-0.1, -0.05) is 42.4 Å². The quantitative estimate of drug-likeness (QED) is 0.850. The van der Waals surface area contributed by atoms with Gasteiger partial charge in [0.1, 0.15) is 0 Å². The number of hydrogen-bond donors (Lipinski definition) is 2. The van der Waals surface area contributed by atoms with E-state index in [0.29, 0.717) is 5.76 Å². The third-order valence-electron chi connectivity index (χ3n) is 2.94. The Morgan fingerprint density at radius 3 is 2.71 bits per heavy atom. The Labute approximate surface area is 121 Å². The first-order valence-electron chi connectivity index (χ1n) is 6.58. The zero-order chi connectivity index (χ0) is 15.2. The van der Waals surface area contributed by atoms with Gasteiger partial charge in [-0.15, -0.1) is 0 Å². The molecule has 2 rings (SSSR count). The van der Waals surface area contributed by atoms with Gasteiger partial charge in [0.15, 0.2) is 11.5 Å². The number of nitrogens with zero attached hydrogens (tertiary/aromatic N) is 1. The normalized spacial score (nSPS) is 11.9. The van der Waals surface area contributed by atoms with Gasteiger partial charge < -0.3 is 14.9 Å². The van der Waals surface area contributed by atoms with Crippen molar-refractivity contribution < 1.29 is 19.2 Å². The van der Waals surface area contributed by atoms with Crippen LogP contribution < -0.4 is 5.32 Å². The number of hydrogen-bond acceptors (Lipinski definition) is 4. The molecule has 0 aliphatic carbocycles. The van der Waals surface area contributed by atoms with Crippen LogP contribution in [-0.4, -0.2) is 28.7 Å². The van der Waals surface area contributed by atoms with Crippen LogP contribution in [0.3, 0.4) is 0 Å². The second-order valence-electron chi connectivity index (χ2n) is 4.86. The van der Waals surface area contributed by atoms with E-state index in [4.69, 9.17) is 9.63 Å². The van der Waals surface area contributed by atoms with Crippen molar-refractivity contribution in [1.29, 1.82) is 0 Å². The second-order valence-corrected chi connectivity index (χ2v) is 4.86. The van der Waals surface area contributed by atoms with Crippen LogP contribution in [0, 0.1) is 5.92 Å². The molecule has 0 aliphatic heterocycles. The van der Waals surface area contributed by atoms with Gasteiger partial charge in [-0.25, -0.2) is 0 Å². The molecule has 6 heteroatoms. The molecule has 1 unspecified atom stereocenters. The molecule has 1 heterocycles. The average molecular weight is 288 g/mol. The molecule has 0 bridgehead atoms. The number of carboxylic acid groups (broad SMARTS) is 1. The number of aliphatic carboxylic acids is 1. The van der Waals surface area contributed by atoms with Crippen molar-refractivity contribution >= 4 is 11.9 Å². The van der Waals surface area contributed by atoms with Crippen LogP contribution in [0.1, 0.15) is 23.8 Å². The maximum absolute atomic E-state index is 11.9. The molecule has 110 valence electrons. The number of carboxylic acids is 1. The van der Waals surface area contributed by atoms with E-state index in [1.807, 2.05) is 30.3 Å². The van der Waals surface area contributed by atoms with Crippen molar-refractivity contribution in [2.45, 2.75) is 13.3 Å². The third kappa shape index (κ3) is 4.17. The van der Waals surface area contributed by atoms with Crippen molar-refractivity contribution in [2.75, 3.05) is 6.54 Å². The van der Waals surface area contributed by atoms with Crippen molar-refractivity contribution in [3.8, 4) is 11.3 Å². The van der Waals surface area contributed by atoms with Crippen LogP contribution in [0.4, 0.5) is 0 Å². The van der Waals surface area contributed by atoms with Gasteiger partial charge >= 0.3 is 5.97 Å².